The smallest absolute Gasteiger partial charge is 0.238 e. The summed E-state index contributed by atoms with van der Waals surface area (Å²) in [5.74, 6) is 2.18. The monoisotopic (exact) mass is 277 g/mol. The third-order valence-electron chi connectivity index (χ3n) is 3.54. The van der Waals surface area contributed by atoms with E-state index in [1.54, 1.807) is 6.20 Å². The fraction of sp³-hybridized carbons (Fsp3) is 0.643. The number of aromatic nitrogens is 4. The third kappa shape index (κ3) is 3.07. The molecule has 0 saturated heterocycles. The molecule has 20 heavy (non-hydrogen) atoms. The minimum atomic E-state index is 0.225. The van der Waals surface area contributed by atoms with Crippen LogP contribution < -0.4 is 5.32 Å². The van der Waals surface area contributed by atoms with E-state index in [2.05, 4.69) is 41.2 Å². The van der Waals surface area contributed by atoms with Crippen LogP contribution in [0.5, 0.6) is 0 Å². The summed E-state index contributed by atoms with van der Waals surface area (Å²) in [5, 5.41) is 7.54. The predicted molar refractivity (Wildman–Crippen MR) is 77.3 cm³/mol. The molecule has 0 aliphatic rings. The number of rotatable bonds is 7. The second-order valence-corrected chi connectivity index (χ2v) is 5.08. The Labute approximate surface area is 119 Å². The second-order valence-electron chi connectivity index (χ2n) is 5.08. The molecule has 0 radical (unpaired) electrons. The standard InChI is InChI=1S/C14H23N5O/c1-5-7-15-10(3)11(6-2)14-17-12(18-20-14)13-16-8-9-19(13)4/h8-11,15H,5-7H2,1-4H3. The van der Waals surface area contributed by atoms with Gasteiger partial charge in [0.2, 0.25) is 11.7 Å². The third-order valence-corrected chi connectivity index (χ3v) is 3.54. The maximum Gasteiger partial charge on any atom is 0.238 e. The van der Waals surface area contributed by atoms with Crippen LogP contribution in [0.25, 0.3) is 11.6 Å². The largest absolute Gasteiger partial charge is 0.338 e. The van der Waals surface area contributed by atoms with Crippen LogP contribution >= 0.6 is 0 Å². The lowest BCUT2D eigenvalue weighted by atomic mass is 9.98. The lowest BCUT2D eigenvalue weighted by Gasteiger charge is -2.20. The zero-order valence-corrected chi connectivity index (χ0v) is 12.6. The summed E-state index contributed by atoms with van der Waals surface area (Å²) < 4.78 is 7.33. The normalized spacial score (nSPS) is 14.4. The quantitative estimate of drug-likeness (QED) is 0.841. The van der Waals surface area contributed by atoms with Crippen molar-refractivity contribution in [3.05, 3.63) is 18.3 Å². The number of nitrogens with zero attached hydrogens (tertiary/aromatic N) is 4. The Morgan fingerprint density at radius 1 is 1.40 bits per heavy atom. The van der Waals surface area contributed by atoms with Crippen molar-refractivity contribution in [1.82, 2.24) is 25.0 Å². The molecule has 2 unspecified atom stereocenters. The van der Waals surface area contributed by atoms with E-state index < -0.39 is 0 Å². The average molecular weight is 277 g/mol. The summed E-state index contributed by atoms with van der Waals surface area (Å²) in [6.07, 6.45) is 5.67. The SMILES string of the molecule is CCCNC(C)C(CC)c1nc(-c2nccn2C)no1. The Balaban J connectivity index is 2.16. The highest BCUT2D eigenvalue weighted by Gasteiger charge is 2.24. The molecule has 6 nitrogen and oxygen atoms in total. The van der Waals surface area contributed by atoms with Gasteiger partial charge in [-0.2, -0.15) is 4.98 Å². The van der Waals surface area contributed by atoms with Gasteiger partial charge >= 0.3 is 0 Å². The van der Waals surface area contributed by atoms with Crippen LogP contribution in [0.3, 0.4) is 0 Å². The van der Waals surface area contributed by atoms with E-state index in [1.807, 2.05) is 17.8 Å². The Hall–Kier alpha value is -1.69. The van der Waals surface area contributed by atoms with E-state index >= 15 is 0 Å². The molecule has 0 saturated carbocycles. The second kappa shape index (κ2) is 6.65. The summed E-state index contributed by atoms with van der Waals surface area (Å²) in [5.41, 5.74) is 0. The Morgan fingerprint density at radius 3 is 2.80 bits per heavy atom. The van der Waals surface area contributed by atoms with E-state index in [0.717, 1.165) is 25.2 Å². The topological polar surface area (TPSA) is 68.8 Å². The van der Waals surface area contributed by atoms with E-state index in [-0.39, 0.29) is 5.92 Å². The molecule has 2 atom stereocenters. The number of aryl methyl sites for hydroxylation is 1. The molecule has 110 valence electrons. The van der Waals surface area contributed by atoms with Gasteiger partial charge in [-0.15, -0.1) is 0 Å². The number of hydrogen-bond donors (Lipinski definition) is 1. The van der Waals surface area contributed by atoms with Crippen molar-refractivity contribution < 1.29 is 4.52 Å². The van der Waals surface area contributed by atoms with Gasteiger partial charge in [0.05, 0.1) is 5.92 Å². The number of hydrogen-bond acceptors (Lipinski definition) is 5. The van der Waals surface area contributed by atoms with E-state index in [9.17, 15) is 0 Å². The first-order valence-electron chi connectivity index (χ1n) is 7.22. The van der Waals surface area contributed by atoms with E-state index in [4.69, 9.17) is 4.52 Å². The first kappa shape index (κ1) is 14.7. The zero-order chi connectivity index (χ0) is 14.5. The Bertz CT molecular complexity index is 533. The van der Waals surface area contributed by atoms with Crippen molar-refractivity contribution in [1.29, 1.82) is 0 Å². The van der Waals surface area contributed by atoms with Crippen molar-refractivity contribution in [3.63, 3.8) is 0 Å². The van der Waals surface area contributed by atoms with Crippen molar-refractivity contribution in [2.75, 3.05) is 6.54 Å². The molecule has 0 fully saturated rings. The number of nitrogens with one attached hydrogen (secondary N) is 1. The molecular weight excluding hydrogens is 254 g/mol. The van der Waals surface area contributed by atoms with Crippen LogP contribution in [0.4, 0.5) is 0 Å². The highest BCUT2D eigenvalue weighted by atomic mass is 16.5. The van der Waals surface area contributed by atoms with Gasteiger partial charge in [-0.05, 0) is 26.3 Å². The molecule has 0 aliphatic carbocycles. The minimum Gasteiger partial charge on any atom is -0.338 e. The van der Waals surface area contributed by atoms with E-state index in [0.29, 0.717) is 17.8 Å². The molecule has 2 aromatic rings. The Kier molecular flexibility index (Phi) is 4.89. The van der Waals surface area contributed by atoms with Crippen molar-refractivity contribution in [3.8, 4) is 11.6 Å². The van der Waals surface area contributed by atoms with Gasteiger partial charge in [0.25, 0.3) is 0 Å². The lowest BCUT2D eigenvalue weighted by Crippen LogP contribution is -2.32. The summed E-state index contributed by atoms with van der Waals surface area (Å²) in [4.78, 5) is 8.75. The molecule has 0 aliphatic heterocycles. The molecule has 2 heterocycles. The van der Waals surface area contributed by atoms with Crippen LogP contribution in [0.15, 0.2) is 16.9 Å². The summed E-state index contributed by atoms with van der Waals surface area (Å²) in [6.45, 7) is 7.46. The van der Waals surface area contributed by atoms with Crippen molar-refractivity contribution in [2.45, 2.75) is 45.6 Å². The van der Waals surface area contributed by atoms with Crippen molar-refractivity contribution in [2.24, 2.45) is 7.05 Å². The first-order chi connectivity index (χ1) is 9.67. The minimum absolute atomic E-state index is 0.225. The maximum atomic E-state index is 5.44. The van der Waals surface area contributed by atoms with Gasteiger partial charge in [0.1, 0.15) is 0 Å². The van der Waals surface area contributed by atoms with Gasteiger partial charge in [-0.3, -0.25) is 0 Å². The van der Waals surface area contributed by atoms with Crippen molar-refractivity contribution >= 4 is 0 Å². The van der Waals surface area contributed by atoms with Gasteiger partial charge in [-0.1, -0.05) is 19.0 Å². The summed E-state index contributed by atoms with van der Waals surface area (Å²) in [6, 6.07) is 0.314. The molecule has 2 rings (SSSR count). The number of imidazole rings is 1. The fourth-order valence-corrected chi connectivity index (χ4v) is 2.31. The molecule has 0 spiro atoms. The van der Waals surface area contributed by atoms with Crippen LogP contribution in [0.1, 0.15) is 45.4 Å². The van der Waals surface area contributed by atoms with Gasteiger partial charge in [-0.25, -0.2) is 4.98 Å². The zero-order valence-electron chi connectivity index (χ0n) is 12.6. The molecule has 2 aromatic heterocycles. The summed E-state index contributed by atoms with van der Waals surface area (Å²) in [7, 11) is 1.92. The molecule has 0 bridgehead atoms. The average Bonchev–Trinajstić information content (AvgIpc) is 3.06. The van der Waals surface area contributed by atoms with Crippen LogP contribution in [0.2, 0.25) is 0 Å². The molecule has 0 aromatic carbocycles. The van der Waals surface area contributed by atoms with Gasteiger partial charge in [0.15, 0.2) is 5.82 Å². The molecular formula is C14H23N5O. The first-order valence-corrected chi connectivity index (χ1v) is 7.22. The van der Waals surface area contributed by atoms with Crippen LogP contribution in [-0.2, 0) is 7.05 Å². The van der Waals surface area contributed by atoms with Crippen LogP contribution in [0, 0.1) is 0 Å². The van der Waals surface area contributed by atoms with E-state index in [1.165, 1.54) is 0 Å². The van der Waals surface area contributed by atoms with Gasteiger partial charge < -0.3 is 14.4 Å². The molecule has 0 amide bonds. The Morgan fingerprint density at radius 2 is 2.20 bits per heavy atom. The highest BCUT2D eigenvalue weighted by molar-refractivity contribution is 5.42. The highest BCUT2D eigenvalue weighted by Crippen LogP contribution is 2.24. The van der Waals surface area contributed by atoms with Gasteiger partial charge in [0, 0.05) is 25.5 Å². The lowest BCUT2D eigenvalue weighted by molar-refractivity contribution is 0.316. The molecule has 1 N–H and O–H groups in total. The maximum absolute atomic E-state index is 5.44. The summed E-state index contributed by atoms with van der Waals surface area (Å²) >= 11 is 0. The van der Waals surface area contributed by atoms with Crippen LogP contribution in [-0.4, -0.2) is 32.3 Å². The molecule has 6 heteroatoms. The predicted octanol–water partition coefficient (Wildman–Crippen LogP) is 2.35. The fourth-order valence-electron chi connectivity index (χ4n) is 2.31.